The highest BCUT2D eigenvalue weighted by atomic mass is 35.5. The average Bonchev–Trinajstić information content (AvgIpc) is 2.13. The predicted octanol–water partition coefficient (Wildman–Crippen LogP) is 2.06. The maximum Gasteiger partial charge on any atom is 0.238 e. The summed E-state index contributed by atoms with van der Waals surface area (Å²) in [5, 5.41) is 0.195. The van der Waals surface area contributed by atoms with E-state index in [1.54, 1.807) is 19.9 Å². The third kappa shape index (κ3) is 5.06. The summed E-state index contributed by atoms with van der Waals surface area (Å²) in [6.45, 7) is 3.45. The molecule has 0 aliphatic heterocycles. The molecule has 1 heterocycles. The molecule has 96 valence electrons. The molecule has 0 radical (unpaired) electrons. The number of hydrogen-bond donors (Lipinski definition) is 1. The van der Waals surface area contributed by atoms with E-state index in [1.165, 1.54) is 0 Å². The lowest BCUT2D eigenvalue weighted by Gasteiger charge is -2.10. The fraction of sp³-hybridized carbons (Fsp3) is 0.556. The van der Waals surface area contributed by atoms with Gasteiger partial charge in [0.2, 0.25) is 16.0 Å². The zero-order chi connectivity index (χ0) is 13.1. The summed E-state index contributed by atoms with van der Waals surface area (Å²) < 4.78 is 25.7. The van der Waals surface area contributed by atoms with Crippen LogP contribution in [-0.2, 0) is 10.0 Å². The number of aromatic nitrogens is 2. The molecule has 0 aliphatic carbocycles. The van der Waals surface area contributed by atoms with E-state index >= 15 is 0 Å². The number of nitrogens with zero attached hydrogens (tertiary/aromatic N) is 2. The maximum atomic E-state index is 11.7. The maximum absolute atomic E-state index is 11.7. The summed E-state index contributed by atoms with van der Waals surface area (Å²) >= 11 is 11.3. The van der Waals surface area contributed by atoms with Crippen molar-refractivity contribution >= 4 is 39.2 Å². The first-order valence-electron chi connectivity index (χ1n) is 4.90. The standard InChI is InChI=1S/C9H13Cl2N3O2S/c1-6(4-10)5-17(15,16)14-9-12-7(2)3-8(11)13-9/h3,6H,4-5H2,1-2H3,(H,12,13,14). The molecule has 1 unspecified atom stereocenters. The Morgan fingerprint density at radius 1 is 1.47 bits per heavy atom. The molecule has 1 rings (SSSR count). The summed E-state index contributed by atoms with van der Waals surface area (Å²) in [5.41, 5.74) is 0.591. The molecular weight excluding hydrogens is 285 g/mol. The molecule has 17 heavy (non-hydrogen) atoms. The van der Waals surface area contributed by atoms with E-state index in [0.717, 1.165) is 0 Å². The van der Waals surface area contributed by atoms with Gasteiger partial charge in [-0.25, -0.2) is 18.4 Å². The second-order valence-electron chi connectivity index (χ2n) is 3.80. The molecule has 0 amide bonds. The van der Waals surface area contributed by atoms with Gasteiger partial charge in [0, 0.05) is 11.6 Å². The molecule has 8 heteroatoms. The molecular formula is C9H13Cl2N3O2S. The van der Waals surface area contributed by atoms with E-state index in [9.17, 15) is 8.42 Å². The summed E-state index contributed by atoms with van der Waals surface area (Å²) in [4.78, 5) is 7.72. The molecule has 1 aromatic rings. The van der Waals surface area contributed by atoms with Crippen molar-refractivity contribution in [3.05, 3.63) is 16.9 Å². The molecule has 0 aromatic carbocycles. The molecule has 1 N–H and O–H groups in total. The molecule has 0 saturated heterocycles. The van der Waals surface area contributed by atoms with Gasteiger partial charge in [-0.1, -0.05) is 18.5 Å². The molecule has 1 atom stereocenters. The minimum atomic E-state index is -3.50. The number of aryl methyl sites for hydroxylation is 1. The Morgan fingerprint density at radius 2 is 2.12 bits per heavy atom. The Balaban J connectivity index is 2.83. The lowest BCUT2D eigenvalue weighted by molar-refractivity contribution is 0.588. The fourth-order valence-corrected chi connectivity index (χ4v) is 2.97. The lowest BCUT2D eigenvalue weighted by Crippen LogP contribution is -2.23. The van der Waals surface area contributed by atoms with Gasteiger partial charge in [0.05, 0.1) is 5.75 Å². The summed E-state index contributed by atoms with van der Waals surface area (Å²) in [6.07, 6.45) is 0. The quantitative estimate of drug-likeness (QED) is 0.667. The Hall–Kier alpha value is -0.590. The SMILES string of the molecule is Cc1cc(Cl)nc(NS(=O)(=O)CC(C)CCl)n1. The van der Waals surface area contributed by atoms with Crippen LogP contribution in [0.15, 0.2) is 6.07 Å². The second-order valence-corrected chi connectivity index (χ2v) is 6.26. The van der Waals surface area contributed by atoms with Crippen LogP contribution < -0.4 is 4.72 Å². The van der Waals surface area contributed by atoms with Crippen LogP contribution >= 0.6 is 23.2 Å². The summed E-state index contributed by atoms with van der Waals surface area (Å²) in [5.74, 6) is 0.0353. The van der Waals surface area contributed by atoms with Crippen molar-refractivity contribution in [3.63, 3.8) is 0 Å². The average molecular weight is 298 g/mol. The molecule has 5 nitrogen and oxygen atoms in total. The van der Waals surface area contributed by atoms with E-state index < -0.39 is 10.0 Å². The van der Waals surface area contributed by atoms with Crippen molar-refractivity contribution < 1.29 is 8.42 Å². The molecule has 0 saturated carbocycles. The van der Waals surface area contributed by atoms with Crippen molar-refractivity contribution in [1.29, 1.82) is 0 Å². The van der Waals surface area contributed by atoms with Crippen LogP contribution in [0.25, 0.3) is 0 Å². The van der Waals surface area contributed by atoms with Gasteiger partial charge < -0.3 is 0 Å². The van der Waals surface area contributed by atoms with Crippen LogP contribution in [0.3, 0.4) is 0 Å². The summed E-state index contributed by atoms with van der Waals surface area (Å²) in [7, 11) is -3.50. The van der Waals surface area contributed by atoms with Gasteiger partial charge in [-0.15, -0.1) is 11.6 Å². The molecule has 0 fully saturated rings. The second kappa shape index (κ2) is 5.84. The molecule has 1 aromatic heterocycles. The minimum absolute atomic E-state index is 0.0169. The Kier molecular flexibility index (Phi) is 4.97. The normalized spacial score (nSPS) is 13.4. The number of sulfonamides is 1. The van der Waals surface area contributed by atoms with Crippen molar-refractivity contribution in [2.24, 2.45) is 5.92 Å². The van der Waals surface area contributed by atoms with E-state index in [1.807, 2.05) is 0 Å². The third-order valence-electron chi connectivity index (χ3n) is 1.84. The highest BCUT2D eigenvalue weighted by molar-refractivity contribution is 7.92. The van der Waals surface area contributed by atoms with Crippen molar-refractivity contribution in [1.82, 2.24) is 9.97 Å². The van der Waals surface area contributed by atoms with Crippen molar-refractivity contribution in [2.45, 2.75) is 13.8 Å². The number of halogens is 2. The monoisotopic (exact) mass is 297 g/mol. The van der Waals surface area contributed by atoms with Crippen molar-refractivity contribution in [3.8, 4) is 0 Å². The van der Waals surface area contributed by atoms with Gasteiger partial charge in [-0.3, -0.25) is 4.72 Å². The first-order chi connectivity index (χ1) is 7.82. The van der Waals surface area contributed by atoms with E-state index in [0.29, 0.717) is 5.69 Å². The van der Waals surface area contributed by atoms with Gasteiger partial charge in [0.1, 0.15) is 5.15 Å². The van der Waals surface area contributed by atoms with Gasteiger partial charge in [0.25, 0.3) is 0 Å². The zero-order valence-corrected chi connectivity index (χ0v) is 11.8. The van der Waals surface area contributed by atoms with Gasteiger partial charge in [-0.2, -0.15) is 0 Å². The number of alkyl halides is 1. The van der Waals surface area contributed by atoms with Crippen LogP contribution in [-0.4, -0.2) is 30.0 Å². The number of rotatable bonds is 5. The highest BCUT2D eigenvalue weighted by Gasteiger charge is 2.16. The number of anilines is 1. The molecule has 0 aliphatic rings. The van der Waals surface area contributed by atoms with E-state index in [4.69, 9.17) is 23.2 Å². The van der Waals surface area contributed by atoms with Gasteiger partial charge in [-0.05, 0) is 18.9 Å². The van der Waals surface area contributed by atoms with Gasteiger partial charge >= 0.3 is 0 Å². The van der Waals surface area contributed by atoms with Crippen LogP contribution in [0.2, 0.25) is 5.15 Å². The fourth-order valence-electron chi connectivity index (χ4n) is 1.18. The number of hydrogen-bond acceptors (Lipinski definition) is 4. The first-order valence-corrected chi connectivity index (χ1v) is 7.46. The van der Waals surface area contributed by atoms with Crippen LogP contribution in [0.4, 0.5) is 5.95 Å². The van der Waals surface area contributed by atoms with Crippen molar-refractivity contribution in [2.75, 3.05) is 16.4 Å². The molecule has 0 spiro atoms. The van der Waals surface area contributed by atoms with E-state index in [2.05, 4.69) is 14.7 Å². The lowest BCUT2D eigenvalue weighted by atomic mass is 10.3. The minimum Gasteiger partial charge on any atom is -0.251 e. The first kappa shape index (κ1) is 14.5. The largest absolute Gasteiger partial charge is 0.251 e. The highest BCUT2D eigenvalue weighted by Crippen LogP contribution is 2.12. The van der Waals surface area contributed by atoms with Crippen LogP contribution in [0, 0.1) is 12.8 Å². The Morgan fingerprint density at radius 3 is 2.65 bits per heavy atom. The number of nitrogens with one attached hydrogen (secondary N) is 1. The smallest absolute Gasteiger partial charge is 0.238 e. The predicted molar refractivity (Wildman–Crippen MR) is 69.1 cm³/mol. The Labute approximate surface area is 111 Å². The van der Waals surface area contributed by atoms with Crippen LogP contribution in [0.1, 0.15) is 12.6 Å². The van der Waals surface area contributed by atoms with Crippen LogP contribution in [0.5, 0.6) is 0 Å². The Bertz CT molecular complexity index is 473. The summed E-state index contributed by atoms with van der Waals surface area (Å²) in [6, 6.07) is 1.54. The topological polar surface area (TPSA) is 72.0 Å². The molecule has 0 bridgehead atoms. The zero-order valence-electron chi connectivity index (χ0n) is 9.44. The van der Waals surface area contributed by atoms with Gasteiger partial charge in [0.15, 0.2) is 0 Å². The van der Waals surface area contributed by atoms with E-state index in [-0.39, 0.29) is 28.7 Å². The third-order valence-corrected chi connectivity index (χ3v) is 4.06.